The minimum absolute atomic E-state index is 0.0757. The third kappa shape index (κ3) is 4.96. The smallest absolute Gasteiger partial charge is 0.338 e. The van der Waals surface area contributed by atoms with Gasteiger partial charge in [0.15, 0.2) is 0 Å². The van der Waals surface area contributed by atoms with Gasteiger partial charge in [0, 0.05) is 0 Å². The summed E-state index contributed by atoms with van der Waals surface area (Å²) in [5.74, 6) is 4.71. The molecule has 0 aromatic heterocycles. The van der Waals surface area contributed by atoms with Crippen LogP contribution in [-0.4, -0.2) is 12.1 Å². The highest BCUT2D eigenvalue weighted by Crippen LogP contribution is 2.66. The average molecular weight is 505 g/mol. The predicted molar refractivity (Wildman–Crippen MR) is 153 cm³/mol. The third-order valence-electron chi connectivity index (χ3n) is 12.2. The van der Waals surface area contributed by atoms with Crippen molar-refractivity contribution in [2.75, 3.05) is 0 Å². The number of rotatable bonds is 7. The lowest BCUT2D eigenvalue weighted by atomic mass is 9.50. The number of benzene rings is 1. The molecule has 0 spiro atoms. The molecule has 2 heteroatoms. The minimum atomic E-state index is -0.146. The molecular formula is C35H52O2. The number of allylic oxidation sites excluding steroid dienone is 2. The molecule has 2 saturated carbocycles. The predicted octanol–water partition coefficient (Wildman–Crippen LogP) is 9.64. The molecule has 0 radical (unpaired) electrons. The quantitative estimate of drug-likeness (QED) is 0.273. The molecule has 8 unspecified atom stereocenters. The van der Waals surface area contributed by atoms with Gasteiger partial charge in [-0.2, -0.15) is 0 Å². The molecule has 5 rings (SSSR count). The highest BCUT2D eigenvalue weighted by atomic mass is 16.5. The second-order valence-electron chi connectivity index (χ2n) is 14.3. The van der Waals surface area contributed by atoms with Crippen LogP contribution >= 0.6 is 0 Å². The lowest BCUT2D eigenvalue weighted by Gasteiger charge is -2.55. The average Bonchev–Trinajstić information content (AvgIpc) is 3.25. The van der Waals surface area contributed by atoms with Crippen LogP contribution in [0.1, 0.15) is 123 Å². The number of hydrogen-bond acceptors (Lipinski definition) is 2. The van der Waals surface area contributed by atoms with Gasteiger partial charge in [-0.15, -0.1) is 0 Å². The van der Waals surface area contributed by atoms with Crippen molar-refractivity contribution >= 4 is 5.97 Å². The van der Waals surface area contributed by atoms with Gasteiger partial charge in [-0.05, 0) is 116 Å². The second-order valence-corrected chi connectivity index (χ2v) is 14.3. The minimum Gasteiger partial charge on any atom is -0.459 e. The Kier molecular flexibility index (Phi) is 7.69. The standard InChI is InChI=1S/C35H52O2/c1-23(2)24(3)12-13-25(4)30-16-17-31-29-15-14-27-22-28(37-33(36)26-10-8-7-9-11-26)18-20-34(27,5)32(29)19-21-35(30,31)6/h7-11,23-25,27-28,30-31H,12-22H2,1-6H3. The van der Waals surface area contributed by atoms with Crippen LogP contribution in [0.4, 0.5) is 0 Å². The molecule has 1 aromatic rings. The molecule has 2 nitrogen and oxygen atoms in total. The zero-order chi connectivity index (χ0) is 26.4. The summed E-state index contributed by atoms with van der Waals surface area (Å²) in [5, 5.41) is 0. The van der Waals surface area contributed by atoms with E-state index in [1.54, 1.807) is 0 Å². The summed E-state index contributed by atoms with van der Waals surface area (Å²) in [6, 6.07) is 9.52. The van der Waals surface area contributed by atoms with Gasteiger partial charge in [0.2, 0.25) is 0 Å². The summed E-state index contributed by atoms with van der Waals surface area (Å²) in [4.78, 5) is 12.7. The molecule has 0 saturated heterocycles. The zero-order valence-electron chi connectivity index (χ0n) is 24.5. The molecule has 0 aliphatic heterocycles. The summed E-state index contributed by atoms with van der Waals surface area (Å²) >= 11 is 0. The van der Waals surface area contributed by atoms with Gasteiger partial charge in [-0.3, -0.25) is 0 Å². The fourth-order valence-electron chi connectivity index (χ4n) is 9.36. The topological polar surface area (TPSA) is 26.3 Å². The monoisotopic (exact) mass is 504 g/mol. The van der Waals surface area contributed by atoms with Crippen LogP contribution in [-0.2, 0) is 4.74 Å². The van der Waals surface area contributed by atoms with Crippen LogP contribution in [0.5, 0.6) is 0 Å². The SMILES string of the molecule is CC(C)C(C)CCC(C)C1CCC2C3=C(CCC21C)C1(C)CCC(OC(=O)c2ccccc2)CC1CC3. The van der Waals surface area contributed by atoms with E-state index >= 15 is 0 Å². The Hall–Kier alpha value is -1.57. The van der Waals surface area contributed by atoms with Crippen molar-refractivity contribution in [3.8, 4) is 0 Å². The maximum Gasteiger partial charge on any atom is 0.338 e. The first-order valence-corrected chi connectivity index (χ1v) is 15.6. The first-order valence-electron chi connectivity index (χ1n) is 15.6. The maximum atomic E-state index is 12.7. The van der Waals surface area contributed by atoms with Gasteiger partial charge < -0.3 is 4.74 Å². The van der Waals surface area contributed by atoms with E-state index in [1.165, 1.54) is 57.8 Å². The molecule has 0 amide bonds. The van der Waals surface area contributed by atoms with Crippen LogP contribution in [0.3, 0.4) is 0 Å². The van der Waals surface area contributed by atoms with E-state index in [0.29, 0.717) is 22.3 Å². The van der Waals surface area contributed by atoms with Crippen molar-refractivity contribution in [2.45, 2.75) is 118 Å². The van der Waals surface area contributed by atoms with E-state index in [0.717, 1.165) is 42.4 Å². The van der Waals surface area contributed by atoms with Crippen molar-refractivity contribution in [3.05, 3.63) is 47.0 Å². The van der Waals surface area contributed by atoms with E-state index in [-0.39, 0.29) is 12.1 Å². The Morgan fingerprint density at radius 3 is 2.43 bits per heavy atom. The van der Waals surface area contributed by atoms with Crippen molar-refractivity contribution in [1.29, 1.82) is 0 Å². The molecule has 8 atom stereocenters. The number of carbonyl (C=O) groups excluding carboxylic acids is 1. The molecule has 2 fully saturated rings. The fraction of sp³-hybridized carbons (Fsp3) is 0.743. The van der Waals surface area contributed by atoms with Gasteiger partial charge >= 0.3 is 5.97 Å². The molecule has 4 aliphatic carbocycles. The Balaban J connectivity index is 1.26. The van der Waals surface area contributed by atoms with Gasteiger partial charge in [-0.1, -0.05) is 83.7 Å². The zero-order valence-corrected chi connectivity index (χ0v) is 24.5. The molecule has 1 aromatic carbocycles. The summed E-state index contributed by atoms with van der Waals surface area (Å²) in [7, 11) is 0. The molecular weight excluding hydrogens is 452 g/mol. The summed E-state index contributed by atoms with van der Waals surface area (Å²) in [6.45, 7) is 15.0. The van der Waals surface area contributed by atoms with Crippen LogP contribution in [0, 0.1) is 46.3 Å². The first kappa shape index (κ1) is 27.0. The Bertz CT molecular complexity index is 992. The van der Waals surface area contributed by atoms with E-state index in [4.69, 9.17) is 4.74 Å². The largest absolute Gasteiger partial charge is 0.459 e. The fourth-order valence-corrected chi connectivity index (χ4v) is 9.36. The Labute approximate surface area is 227 Å². The van der Waals surface area contributed by atoms with Gasteiger partial charge in [0.25, 0.3) is 0 Å². The maximum absolute atomic E-state index is 12.7. The van der Waals surface area contributed by atoms with Crippen LogP contribution in [0.25, 0.3) is 0 Å². The van der Waals surface area contributed by atoms with Crippen LogP contribution in [0.15, 0.2) is 41.5 Å². The van der Waals surface area contributed by atoms with E-state index in [1.807, 2.05) is 41.5 Å². The lowest BCUT2D eigenvalue weighted by molar-refractivity contribution is -0.0158. The first-order chi connectivity index (χ1) is 17.6. The van der Waals surface area contributed by atoms with Crippen molar-refractivity contribution < 1.29 is 9.53 Å². The highest BCUT2D eigenvalue weighted by Gasteiger charge is 2.56. The molecule has 4 aliphatic rings. The van der Waals surface area contributed by atoms with Gasteiger partial charge in [0.1, 0.15) is 6.10 Å². The summed E-state index contributed by atoms with van der Waals surface area (Å²) < 4.78 is 6.03. The van der Waals surface area contributed by atoms with E-state index in [2.05, 4.69) is 41.5 Å². The number of fused-ring (bicyclic) bond motifs is 4. The number of ether oxygens (including phenoxy) is 1. The Morgan fingerprint density at radius 1 is 0.946 bits per heavy atom. The van der Waals surface area contributed by atoms with Gasteiger partial charge in [-0.25, -0.2) is 4.79 Å². The normalized spacial score (nSPS) is 36.9. The number of esters is 1. The molecule has 0 bridgehead atoms. The Morgan fingerprint density at radius 2 is 1.70 bits per heavy atom. The van der Waals surface area contributed by atoms with E-state index in [9.17, 15) is 4.79 Å². The second kappa shape index (κ2) is 10.5. The molecule has 37 heavy (non-hydrogen) atoms. The third-order valence-corrected chi connectivity index (χ3v) is 12.2. The van der Waals surface area contributed by atoms with Crippen molar-refractivity contribution in [2.24, 2.45) is 46.3 Å². The van der Waals surface area contributed by atoms with Crippen LogP contribution < -0.4 is 0 Å². The van der Waals surface area contributed by atoms with Gasteiger partial charge in [0.05, 0.1) is 5.56 Å². The summed E-state index contributed by atoms with van der Waals surface area (Å²) in [6.07, 6.45) is 14.2. The number of hydrogen-bond donors (Lipinski definition) is 0. The highest BCUT2D eigenvalue weighted by molar-refractivity contribution is 5.89. The van der Waals surface area contributed by atoms with E-state index < -0.39 is 0 Å². The molecule has 204 valence electrons. The van der Waals surface area contributed by atoms with Crippen molar-refractivity contribution in [1.82, 2.24) is 0 Å². The van der Waals surface area contributed by atoms with Crippen LogP contribution in [0.2, 0.25) is 0 Å². The lowest BCUT2D eigenvalue weighted by Crippen LogP contribution is -2.46. The van der Waals surface area contributed by atoms with Crippen molar-refractivity contribution in [3.63, 3.8) is 0 Å². The molecule has 0 N–H and O–H groups in total. The summed E-state index contributed by atoms with van der Waals surface area (Å²) in [5.41, 5.74) is 5.24. The number of carbonyl (C=O) groups is 1. The molecule has 0 heterocycles.